The first-order valence-electron chi connectivity index (χ1n) is 3.35. The van der Waals surface area contributed by atoms with Gasteiger partial charge in [-0.2, -0.15) is 0 Å². The van der Waals surface area contributed by atoms with Gasteiger partial charge in [0.1, 0.15) is 0 Å². The molecule has 1 aliphatic rings. The van der Waals surface area contributed by atoms with E-state index in [2.05, 4.69) is 9.64 Å². The number of carbonyl (C=O) groups excluding carboxylic acids is 1. The minimum Gasteiger partial charge on any atom is -0.469 e. The van der Waals surface area contributed by atoms with Crippen LogP contribution in [0.4, 0.5) is 0 Å². The summed E-state index contributed by atoms with van der Waals surface area (Å²) < 4.78 is 4.64. The largest absolute Gasteiger partial charge is 0.469 e. The lowest BCUT2D eigenvalue weighted by Crippen LogP contribution is -2.57. The van der Waals surface area contributed by atoms with Gasteiger partial charge in [0.25, 0.3) is 0 Å². The molecule has 0 bridgehead atoms. The van der Waals surface area contributed by atoms with Crippen molar-refractivity contribution in [2.75, 3.05) is 27.2 Å². The Morgan fingerprint density at radius 2 is 2.10 bits per heavy atom. The lowest BCUT2D eigenvalue weighted by Gasteiger charge is -2.43. The Labute approximate surface area is 61.0 Å². The highest BCUT2D eigenvalue weighted by atomic mass is 16.5. The van der Waals surface area contributed by atoms with E-state index >= 15 is 0 Å². The second kappa shape index (κ2) is 2.23. The smallest absolute Gasteiger partial charge is 0.314 e. The van der Waals surface area contributed by atoms with Gasteiger partial charge in [0.2, 0.25) is 0 Å². The number of carbonyl (C=O) groups is 1. The van der Waals surface area contributed by atoms with Crippen molar-refractivity contribution in [2.24, 2.45) is 5.41 Å². The third-order valence-corrected chi connectivity index (χ3v) is 1.92. The maximum atomic E-state index is 11.0. The van der Waals surface area contributed by atoms with Crippen LogP contribution in [0.2, 0.25) is 0 Å². The average Bonchev–Trinajstić information content (AvgIpc) is 1.83. The van der Waals surface area contributed by atoms with E-state index in [1.807, 2.05) is 14.0 Å². The Balaban J connectivity index is 2.48. The number of hydrogen-bond donors (Lipinski definition) is 0. The van der Waals surface area contributed by atoms with Crippen LogP contribution in [0.5, 0.6) is 0 Å². The lowest BCUT2D eigenvalue weighted by atomic mass is 9.83. The van der Waals surface area contributed by atoms with Crippen LogP contribution in [-0.4, -0.2) is 38.1 Å². The monoisotopic (exact) mass is 143 g/mol. The molecule has 1 aliphatic heterocycles. The maximum Gasteiger partial charge on any atom is 0.314 e. The zero-order chi connectivity index (χ0) is 7.78. The zero-order valence-corrected chi connectivity index (χ0v) is 6.68. The Morgan fingerprint density at radius 3 is 2.40 bits per heavy atom. The first-order valence-corrected chi connectivity index (χ1v) is 3.35. The first kappa shape index (κ1) is 7.54. The van der Waals surface area contributed by atoms with Crippen LogP contribution in [0.25, 0.3) is 0 Å². The molecule has 3 heteroatoms. The average molecular weight is 143 g/mol. The lowest BCUT2D eigenvalue weighted by molar-refractivity contribution is -0.161. The summed E-state index contributed by atoms with van der Waals surface area (Å²) in [5.74, 6) is -0.0920. The van der Waals surface area contributed by atoms with Gasteiger partial charge in [-0.3, -0.25) is 4.79 Å². The predicted molar refractivity (Wildman–Crippen MR) is 37.6 cm³/mol. The fourth-order valence-corrected chi connectivity index (χ4v) is 1.52. The molecule has 0 aliphatic carbocycles. The Hall–Kier alpha value is -0.570. The molecule has 0 N–H and O–H groups in total. The van der Waals surface area contributed by atoms with Crippen molar-refractivity contribution in [1.82, 2.24) is 4.90 Å². The van der Waals surface area contributed by atoms with Crippen LogP contribution in [-0.2, 0) is 9.53 Å². The Kier molecular flexibility index (Phi) is 1.68. The summed E-state index contributed by atoms with van der Waals surface area (Å²) in [6.07, 6.45) is 0. The second-order valence-corrected chi connectivity index (χ2v) is 3.22. The van der Waals surface area contributed by atoms with Crippen LogP contribution in [0, 0.1) is 5.41 Å². The van der Waals surface area contributed by atoms with Crippen molar-refractivity contribution in [2.45, 2.75) is 6.92 Å². The van der Waals surface area contributed by atoms with Gasteiger partial charge in [0.05, 0.1) is 12.5 Å². The second-order valence-electron chi connectivity index (χ2n) is 3.22. The standard InChI is InChI=1S/C7H13NO2/c1-7(6(9)10-3)4-8(2)5-7/h4-5H2,1-3H3. The fraction of sp³-hybridized carbons (Fsp3) is 0.857. The molecule has 0 aromatic carbocycles. The molecule has 0 aromatic rings. The third kappa shape index (κ3) is 1.01. The summed E-state index contributed by atoms with van der Waals surface area (Å²) in [6, 6.07) is 0. The molecule has 3 nitrogen and oxygen atoms in total. The quantitative estimate of drug-likeness (QED) is 0.488. The van der Waals surface area contributed by atoms with Crippen LogP contribution in [0.1, 0.15) is 6.92 Å². The minimum atomic E-state index is -0.233. The van der Waals surface area contributed by atoms with Gasteiger partial charge < -0.3 is 9.64 Å². The number of nitrogens with zero attached hydrogens (tertiary/aromatic N) is 1. The summed E-state index contributed by atoms with van der Waals surface area (Å²) in [6.45, 7) is 3.57. The van der Waals surface area contributed by atoms with Gasteiger partial charge in [-0.05, 0) is 14.0 Å². The molecule has 0 unspecified atom stereocenters. The van der Waals surface area contributed by atoms with Gasteiger partial charge in [-0.25, -0.2) is 0 Å². The van der Waals surface area contributed by atoms with Gasteiger partial charge in [-0.15, -0.1) is 0 Å². The SMILES string of the molecule is COC(=O)C1(C)CN(C)C1. The number of rotatable bonds is 1. The topological polar surface area (TPSA) is 29.5 Å². The summed E-state index contributed by atoms with van der Waals surface area (Å²) in [7, 11) is 3.43. The summed E-state index contributed by atoms with van der Waals surface area (Å²) in [5.41, 5.74) is -0.233. The van der Waals surface area contributed by atoms with Crippen molar-refractivity contribution in [1.29, 1.82) is 0 Å². The van der Waals surface area contributed by atoms with E-state index < -0.39 is 0 Å². The van der Waals surface area contributed by atoms with E-state index in [0.717, 1.165) is 13.1 Å². The van der Waals surface area contributed by atoms with Gasteiger partial charge in [-0.1, -0.05) is 0 Å². The van der Waals surface area contributed by atoms with Crippen molar-refractivity contribution in [3.05, 3.63) is 0 Å². The summed E-state index contributed by atoms with van der Waals surface area (Å²) in [5, 5.41) is 0. The highest BCUT2D eigenvalue weighted by Gasteiger charge is 2.44. The molecule has 0 spiro atoms. The van der Waals surface area contributed by atoms with Gasteiger partial charge in [0, 0.05) is 13.1 Å². The van der Waals surface area contributed by atoms with Gasteiger partial charge in [0.15, 0.2) is 0 Å². The minimum absolute atomic E-state index is 0.0920. The van der Waals surface area contributed by atoms with Crippen LogP contribution < -0.4 is 0 Å². The Bertz CT molecular complexity index is 150. The van der Waals surface area contributed by atoms with Crippen LogP contribution >= 0.6 is 0 Å². The van der Waals surface area contributed by atoms with Crippen LogP contribution in [0.15, 0.2) is 0 Å². The highest BCUT2D eigenvalue weighted by molar-refractivity contribution is 5.78. The molecular formula is C7H13NO2. The van der Waals surface area contributed by atoms with E-state index in [9.17, 15) is 4.79 Å². The number of esters is 1. The van der Waals surface area contributed by atoms with E-state index in [4.69, 9.17) is 0 Å². The van der Waals surface area contributed by atoms with Crippen LogP contribution in [0.3, 0.4) is 0 Å². The predicted octanol–water partition coefficient (Wildman–Crippen LogP) is 0.111. The van der Waals surface area contributed by atoms with Crippen molar-refractivity contribution in [3.63, 3.8) is 0 Å². The molecule has 0 atom stereocenters. The normalized spacial score (nSPS) is 23.5. The fourth-order valence-electron chi connectivity index (χ4n) is 1.52. The molecule has 1 saturated heterocycles. The van der Waals surface area contributed by atoms with E-state index in [-0.39, 0.29) is 11.4 Å². The molecule has 58 valence electrons. The molecule has 0 radical (unpaired) electrons. The molecule has 1 heterocycles. The van der Waals surface area contributed by atoms with Crippen molar-refractivity contribution in [3.8, 4) is 0 Å². The number of hydrogen-bond acceptors (Lipinski definition) is 3. The van der Waals surface area contributed by atoms with E-state index in [0.29, 0.717) is 0 Å². The first-order chi connectivity index (χ1) is 4.58. The molecular weight excluding hydrogens is 130 g/mol. The molecule has 0 aromatic heterocycles. The summed E-state index contributed by atoms with van der Waals surface area (Å²) in [4.78, 5) is 13.1. The molecule has 1 rings (SSSR count). The molecule has 1 fully saturated rings. The molecule has 10 heavy (non-hydrogen) atoms. The highest BCUT2D eigenvalue weighted by Crippen LogP contribution is 2.29. The molecule has 0 amide bonds. The zero-order valence-electron chi connectivity index (χ0n) is 6.68. The van der Waals surface area contributed by atoms with Crippen molar-refractivity contribution < 1.29 is 9.53 Å². The van der Waals surface area contributed by atoms with Gasteiger partial charge >= 0.3 is 5.97 Å². The Morgan fingerprint density at radius 1 is 1.60 bits per heavy atom. The van der Waals surface area contributed by atoms with E-state index in [1.165, 1.54) is 7.11 Å². The van der Waals surface area contributed by atoms with E-state index in [1.54, 1.807) is 0 Å². The summed E-state index contributed by atoms with van der Waals surface area (Å²) >= 11 is 0. The number of ether oxygens (including phenoxy) is 1. The third-order valence-electron chi connectivity index (χ3n) is 1.92. The number of likely N-dealkylation sites (tertiary alicyclic amines) is 1. The number of methoxy groups -OCH3 is 1. The maximum absolute atomic E-state index is 11.0. The molecule has 0 saturated carbocycles. The van der Waals surface area contributed by atoms with Crippen molar-refractivity contribution >= 4 is 5.97 Å².